The van der Waals surface area contributed by atoms with E-state index in [2.05, 4.69) is 41.8 Å². The van der Waals surface area contributed by atoms with E-state index in [1.54, 1.807) is 0 Å². The fourth-order valence-electron chi connectivity index (χ4n) is 0.917. The summed E-state index contributed by atoms with van der Waals surface area (Å²) in [4.78, 5) is 0. The summed E-state index contributed by atoms with van der Waals surface area (Å²) in [6.07, 6.45) is 1.23. The molecule has 0 unspecified atom stereocenters. The molecule has 0 rings (SSSR count). The van der Waals surface area contributed by atoms with Crippen molar-refractivity contribution in [2.75, 3.05) is 19.8 Å². The van der Waals surface area contributed by atoms with Gasteiger partial charge in [0.1, 0.15) is 0 Å². The van der Waals surface area contributed by atoms with Crippen molar-refractivity contribution in [1.82, 2.24) is 0 Å². The Bertz CT molecular complexity index is 278. The van der Waals surface area contributed by atoms with Crippen LogP contribution in [0.5, 0.6) is 0 Å². The number of quaternary nitrogens is 1. The van der Waals surface area contributed by atoms with Crippen molar-refractivity contribution in [3.8, 4) is 0 Å². The number of unbranched alkanes of at least 4 members (excludes halogenated alkanes) is 1. The number of halogens is 1. The van der Waals surface area contributed by atoms with Gasteiger partial charge < -0.3 is 9.04 Å². The third-order valence-electron chi connectivity index (χ3n) is 3.41. The van der Waals surface area contributed by atoms with Gasteiger partial charge in [0.25, 0.3) is 0 Å². The molecule has 4 nitrogen and oxygen atoms in total. The van der Waals surface area contributed by atoms with Crippen LogP contribution >= 0.6 is 0 Å². The number of hydrogen-bond donors (Lipinski definition) is 0. The Morgan fingerprint density at radius 3 is 1.44 bits per heavy atom. The molecule has 0 aliphatic rings. The van der Waals surface area contributed by atoms with E-state index in [4.69, 9.17) is 0 Å². The summed E-state index contributed by atoms with van der Waals surface area (Å²) in [7, 11) is 0.610. The van der Waals surface area contributed by atoms with Gasteiger partial charge in [-0.15, -0.1) is 0 Å². The van der Waals surface area contributed by atoms with E-state index in [1.165, 1.54) is 0 Å². The molecule has 0 heterocycles. The normalized spacial score (nSPS) is 11.9. The van der Waals surface area contributed by atoms with E-state index < -0.39 is 10.1 Å². The second kappa shape index (κ2) is 9.69. The molecule has 0 aliphatic carbocycles. The quantitative estimate of drug-likeness (QED) is 0.576. The molecular weight excluding hydrogens is 257 g/mol. The summed E-state index contributed by atoms with van der Waals surface area (Å²) in [5.41, 5.74) is 0. The highest BCUT2D eigenvalue weighted by atomic mass is 32.2. The summed E-state index contributed by atoms with van der Waals surface area (Å²) >= 11 is 0. The smallest absolute Gasteiger partial charge is 0.0945 e. The van der Waals surface area contributed by atoms with Crippen LogP contribution in [-0.4, -0.2) is 49.4 Å². The van der Waals surface area contributed by atoms with Gasteiger partial charge in [0.2, 0.25) is 0 Å². The lowest BCUT2D eigenvalue weighted by atomic mass is 10.2. The standard InChI is InChI=1S/C8H20N.C4H10O3S.FH/c1-7(2)9(5,6)8(3)4;1-2-3-4-8(5,6)7;/h7-8H,1-6H3;2-4H2,1H3,(H,5,6,7);1H/q+1;;/p-1. The third kappa shape index (κ3) is 12.3. The van der Waals surface area contributed by atoms with Crippen LogP contribution in [0.15, 0.2) is 0 Å². The summed E-state index contributed by atoms with van der Waals surface area (Å²) in [6.45, 7) is 10.9. The van der Waals surface area contributed by atoms with Crippen LogP contribution in [0.1, 0.15) is 47.5 Å². The SMILES string of the molecule is CC(C)[N+](C)(C)C(C)C.CCCCS(=O)(=O)[O-].F. The Morgan fingerprint density at radius 2 is 1.39 bits per heavy atom. The van der Waals surface area contributed by atoms with Gasteiger partial charge in [-0.05, 0) is 34.1 Å². The molecule has 0 bridgehead atoms. The van der Waals surface area contributed by atoms with E-state index in [0.717, 1.165) is 23.0 Å². The molecule has 0 saturated heterocycles. The lowest BCUT2D eigenvalue weighted by molar-refractivity contribution is -0.931. The lowest BCUT2D eigenvalue weighted by Gasteiger charge is -2.38. The molecule has 0 radical (unpaired) electrons. The van der Waals surface area contributed by atoms with Gasteiger partial charge >= 0.3 is 0 Å². The maximum atomic E-state index is 9.83. The molecule has 0 aromatic heterocycles. The average Bonchev–Trinajstić information content (AvgIpc) is 2.14. The van der Waals surface area contributed by atoms with Crippen LogP contribution in [0.4, 0.5) is 4.70 Å². The van der Waals surface area contributed by atoms with Crippen molar-refractivity contribution >= 4 is 10.1 Å². The minimum atomic E-state index is -3.94. The van der Waals surface area contributed by atoms with Gasteiger partial charge in [-0.3, -0.25) is 4.70 Å². The maximum Gasteiger partial charge on any atom is 0.0945 e. The van der Waals surface area contributed by atoms with Crippen LogP contribution in [0.2, 0.25) is 0 Å². The highest BCUT2D eigenvalue weighted by Crippen LogP contribution is 2.10. The van der Waals surface area contributed by atoms with Crippen molar-refractivity contribution in [3.63, 3.8) is 0 Å². The molecule has 0 amide bonds. The van der Waals surface area contributed by atoms with Crippen LogP contribution in [-0.2, 0) is 10.1 Å². The highest BCUT2D eigenvalue weighted by Gasteiger charge is 2.22. The second-order valence-corrected chi connectivity index (χ2v) is 6.96. The molecule has 0 aromatic carbocycles. The van der Waals surface area contributed by atoms with E-state index in [1.807, 2.05) is 6.92 Å². The molecule has 0 saturated carbocycles. The maximum absolute atomic E-state index is 9.83. The zero-order valence-corrected chi connectivity index (χ0v) is 13.6. The molecule has 6 heteroatoms. The number of rotatable bonds is 5. The summed E-state index contributed by atoms with van der Waals surface area (Å²) in [6, 6.07) is 1.45. The second-order valence-electron chi connectivity index (χ2n) is 5.43. The zero-order chi connectivity index (χ0) is 14.3. The van der Waals surface area contributed by atoms with E-state index in [-0.39, 0.29) is 10.5 Å². The first-order valence-corrected chi connectivity index (χ1v) is 7.79. The highest BCUT2D eigenvalue weighted by molar-refractivity contribution is 7.85. The molecule has 0 aromatic rings. The molecule has 18 heavy (non-hydrogen) atoms. The first kappa shape index (κ1) is 22.9. The summed E-state index contributed by atoms with van der Waals surface area (Å²) in [5, 5.41) is 0. The molecular formula is C12H30FNO3S. The summed E-state index contributed by atoms with van der Waals surface area (Å²) in [5.74, 6) is -0.219. The fraction of sp³-hybridized carbons (Fsp3) is 1.00. The van der Waals surface area contributed by atoms with Gasteiger partial charge in [0, 0.05) is 5.75 Å². The van der Waals surface area contributed by atoms with Gasteiger partial charge in [0.05, 0.1) is 36.3 Å². The van der Waals surface area contributed by atoms with Gasteiger partial charge in [-0.1, -0.05) is 13.3 Å². The third-order valence-corrected chi connectivity index (χ3v) is 4.20. The monoisotopic (exact) mass is 287 g/mol. The molecule has 114 valence electrons. The average molecular weight is 287 g/mol. The predicted molar refractivity (Wildman–Crippen MR) is 74.4 cm³/mol. The first-order chi connectivity index (χ1) is 7.45. The molecule has 0 aliphatic heterocycles. The Kier molecular flexibility index (Phi) is 12.4. The predicted octanol–water partition coefficient (Wildman–Crippen LogP) is 2.36. The van der Waals surface area contributed by atoms with E-state index in [9.17, 15) is 13.0 Å². The van der Waals surface area contributed by atoms with Crippen molar-refractivity contribution < 1.29 is 22.2 Å². The topological polar surface area (TPSA) is 57.2 Å². The minimum Gasteiger partial charge on any atom is -0.748 e. The fourth-order valence-corrected chi connectivity index (χ4v) is 1.56. The van der Waals surface area contributed by atoms with Gasteiger partial charge in [0.15, 0.2) is 0 Å². The zero-order valence-electron chi connectivity index (χ0n) is 12.8. The van der Waals surface area contributed by atoms with Crippen LogP contribution in [0.25, 0.3) is 0 Å². The van der Waals surface area contributed by atoms with Gasteiger partial charge in [-0.25, -0.2) is 8.42 Å². The van der Waals surface area contributed by atoms with Crippen LogP contribution in [0.3, 0.4) is 0 Å². The molecule has 0 fully saturated rings. The Balaban J connectivity index is -0.000000238. The van der Waals surface area contributed by atoms with Crippen molar-refractivity contribution in [3.05, 3.63) is 0 Å². The number of nitrogens with zero attached hydrogens (tertiary/aromatic N) is 1. The van der Waals surface area contributed by atoms with Crippen molar-refractivity contribution in [1.29, 1.82) is 0 Å². The molecule has 0 spiro atoms. The Hall–Kier alpha value is -0.200. The largest absolute Gasteiger partial charge is 0.748 e. The minimum absolute atomic E-state index is 0. The first-order valence-electron chi connectivity index (χ1n) is 6.22. The van der Waals surface area contributed by atoms with Crippen molar-refractivity contribution in [2.24, 2.45) is 0 Å². The Morgan fingerprint density at radius 1 is 1.06 bits per heavy atom. The van der Waals surface area contributed by atoms with Crippen LogP contribution in [0, 0.1) is 0 Å². The van der Waals surface area contributed by atoms with Crippen molar-refractivity contribution in [2.45, 2.75) is 59.5 Å². The van der Waals surface area contributed by atoms with Gasteiger partial charge in [-0.2, -0.15) is 0 Å². The molecule has 0 N–H and O–H groups in total. The van der Waals surface area contributed by atoms with E-state index in [0.29, 0.717) is 6.42 Å². The van der Waals surface area contributed by atoms with Crippen LogP contribution < -0.4 is 0 Å². The number of hydrogen-bond acceptors (Lipinski definition) is 3. The summed E-state index contributed by atoms with van der Waals surface area (Å²) < 4.78 is 30.6. The molecule has 0 atom stereocenters. The van der Waals surface area contributed by atoms with E-state index >= 15 is 0 Å². The lowest BCUT2D eigenvalue weighted by Crippen LogP contribution is -2.50. The Labute approximate surface area is 112 Å².